The average Bonchev–Trinajstić information content (AvgIpc) is 3.10. The van der Waals surface area contributed by atoms with Gasteiger partial charge >= 0.3 is 18.3 Å². The lowest BCUT2D eigenvalue weighted by atomic mass is 9.95. The Morgan fingerprint density at radius 2 is 2.13 bits per heavy atom. The van der Waals surface area contributed by atoms with Gasteiger partial charge in [0, 0.05) is 12.3 Å². The van der Waals surface area contributed by atoms with Crippen molar-refractivity contribution >= 4 is 24.4 Å². The molecule has 6 unspecified atom stereocenters. The molecule has 1 aliphatic heterocycles. The fourth-order valence-electron chi connectivity index (χ4n) is 3.31. The van der Waals surface area contributed by atoms with Crippen LogP contribution < -0.4 is 16.3 Å². The molecule has 0 bridgehead atoms. The number of nitrogens with one attached hydrogen (secondary N) is 2. The van der Waals surface area contributed by atoms with Crippen molar-refractivity contribution in [3.63, 3.8) is 0 Å². The Bertz CT molecular complexity index is 1330. The predicted octanol–water partition coefficient (Wildman–Crippen LogP) is 1.29. The first-order valence-electron chi connectivity index (χ1n) is 11.6. The summed E-state index contributed by atoms with van der Waals surface area (Å²) in [7, 11) is 0. The van der Waals surface area contributed by atoms with E-state index in [9.17, 15) is 29.0 Å². The highest BCUT2D eigenvalue weighted by atomic mass is 32.5. The molecular formula is C24H31FN3O9PS. The SMILES string of the molecule is C#CC1(O)C(O)C(COP(=S)(NC(C)C(=O)OC(C)C)OC(C=C)=CC=C(C)F)OC1n1ccc(=O)[nH]c1=O. The Balaban J connectivity index is 2.36. The van der Waals surface area contributed by atoms with Gasteiger partial charge < -0.3 is 28.7 Å². The van der Waals surface area contributed by atoms with Gasteiger partial charge in [-0.2, -0.15) is 0 Å². The second kappa shape index (κ2) is 13.5. The summed E-state index contributed by atoms with van der Waals surface area (Å²) in [6, 6.07) is -0.0172. The van der Waals surface area contributed by atoms with Gasteiger partial charge in [-0.25, -0.2) is 14.3 Å². The maximum atomic E-state index is 13.3. The third kappa shape index (κ3) is 8.30. The van der Waals surface area contributed by atoms with Gasteiger partial charge in [0.1, 0.15) is 24.0 Å². The molecule has 1 aromatic rings. The number of esters is 1. The molecule has 0 radical (unpaired) electrons. The number of rotatable bonds is 12. The quantitative estimate of drug-likeness (QED) is 0.0917. The van der Waals surface area contributed by atoms with E-state index in [-0.39, 0.29) is 5.76 Å². The highest BCUT2D eigenvalue weighted by molar-refractivity contribution is 8.09. The molecule has 0 spiro atoms. The average molecular weight is 588 g/mol. The summed E-state index contributed by atoms with van der Waals surface area (Å²) in [5, 5.41) is 24.5. The van der Waals surface area contributed by atoms with Gasteiger partial charge in [-0.3, -0.25) is 19.1 Å². The number of aliphatic hydroxyl groups is 2. The molecule has 15 heteroatoms. The molecule has 39 heavy (non-hydrogen) atoms. The number of H-pyrrole nitrogens is 1. The zero-order valence-corrected chi connectivity index (χ0v) is 23.4. The van der Waals surface area contributed by atoms with E-state index in [4.69, 9.17) is 36.8 Å². The summed E-state index contributed by atoms with van der Waals surface area (Å²) in [5.41, 5.74) is -4.05. The van der Waals surface area contributed by atoms with E-state index in [1.165, 1.54) is 26.0 Å². The summed E-state index contributed by atoms with van der Waals surface area (Å²) in [4.78, 5) is 38.1. The van der Waals surface area contributed by atoms with Crippen LogP contribution in [0.15, 0.2) is 58.2 Å². The molecule has 1 aliphatic rings. The number of aliphatic hydroxyl groups excluding tert-OH is 1. The van der Waals surface area contributed by atoms with E-state index >= 15 is 0 Å². The van der Waals surface area contributed by atoms with E-state index < -0.39 is 72.5 Å². The Morgan fingerprint density at radius 1 is 1.46 bits per heavy atom. The van der Waals surface area contributed by atoms with Gasteiger partial charge in [0.15, 0.2) is 11.8 Å². The number of carbonyl (C=O) groups excluding carboxylic acids is 1. The third-order valence-corrected chi connectivity index (χ3v) is 7.69. The van der Waals surface area contributed by atoms with Crippen LogP contribution in [-0.2, 0) is 35.1 Å². The van der Waals surface area contributed by atoms with Crippen LogP contribution >= 0.6 is 6.64 Å². The predicted molar refractivity (Wildman–Crippen MR) is 143 cm³/mol. The number of aromatic amines is 1. The number of allylic oxidation sites excluding steroid dienone is 4. The highest BCUT2D eigenvalue weighted by Gasteiger charge is 2.56. The molecule has 1 fully saturated rings. The van der Waals surface area contributed by atoms with Crippen molar-refractivity contribution in [3.8, 4) is 12.3 Å². The second-order valence-corrected chi connectivity index (χ2v) is 11.8. The minimum atomic E-state index is -3.69. The number of halogens is 1. The molecule has 2 heterocycles. The van der Waals surface area contributed by atoms with Gasteiger partial charge in [-0.1, -0.05) is 12.5 Å². The van der Waals surface area contributed by atoms with Gasteiger partial charge in [0.2, 0.25) is 0 Å². The first-order chi connectivity index (χ1) is 18.2. The topological polar surface area (TPSA) is 161 Å². The largest absolute Gasteiger partial charge is 0.462 e. The van der Waals surface area contributed by atoms with Crippen LogP contribution in [0.1, 0.15) is 33.9 Å². The lowest BCUT2D eigenvalue weighted by molar-refractivity contribution is -0.149. The van der Waals surface area contributed by atoms with Crippen molar-refractivity contribution < 1.29 is 37.9 Å². The maximum absolute atomic E-state index is 13.3. The van der Waals surface area contributed by atoms with E-state index in [1.54, 1.807) is 13.8 Å². The first kappa shape index (κ1) is 32.3. The summed E-state index contributed by atoms with van der Waals surface area (Å²) in [6.07, 6.45) is 4.91. The molecule has 4 N–H and O–H groups in total. The lowest BCUT2D eigenvalue weighted by Gasteiger charge is -2.28. The minimum absolute atomic E-state index is 0.00190. The standard InChI is InChI=1S/C24H31FN3O9PS/c1-7-17(10-9-15(5)25)37-38(39,27-16(6)21(31)35-14(3)4)34-13-18-20(30)24(33,8-2)22(36-18)28-12-11-19(29)26-23(28)32/h2,7,9-12,14,16,18,20,22,30,33H,1,13H2,3-6H3,(H,27,39)(H,26,29,32). The number of hydrogen-bond acceptors (Lipinski definition) is 10. The Hall–Kier alpha value is -2.89. The van der Waals surface area contributed by atoms with Gasteiger partial charge in [-0.05, 0) is 57.7 Å². The fourth-order valence-corrected chi connectivity index (χ4v) is 5.74. The first-order valence-corrected chi connectivity index (χ1v) is 14.2. The van der Waals surface area contributed by atoms with Crippen molar-refractivity contribution in [2.75, 3.05) is 6.61 Å². The van der Waals surface area contributed by atoms with Crippen LogP contribution in [0.4, 0.5) is 4.39 Å². The number of terminal acetylenes is 1. The van der Waals surface area contributed by atoms with Gasteiger partial charge in [0.05, 0.1) is 18.5 Å². The molecule has 1 saturated heterocycles. The summed E-state index contributed by atoms with van der Waals surface area (Å²) in [5.74, 6) is 0.829. The normalized spacial score (nSPS) is 26.0. The smallest absolute Gasteiger partial charge is 0.330 e. The number of ether oxygens (including phenoxy) is 2. The zero-order valence-electron chi connectivity index (χ0n) is 21.7. The minimum Gasteiger partial charge on any atom is -0.462 e. The molecule has 0 saturated carbocycles. The summed E-state index contributed by atoms with van der Waals surface area (Å²) < 4.78 is 36.5. The van der Waals surface area contributed by atoms with Crippen molar-refractivity contribution in [3.05, 3.63) is 69.5 Å². The Kier molecular flexibility index (Phi) is 11.1. The van der Waals surface area contributed by atoms with Gasteiger partial charge in [0.25, 0.3) is 5.56 Å². The number of aromatic nitrogens is 2. The van der Waals surface area contributed by atoms with Crippen molar-refractivity contribution in [2.45, 2.75) is 63.9 Å². The van der Waals surface area contributed by atoms with E-state index in [0.29, 0.717) is 0 Å². The Labute approximate surface area is 229 Å². The number of nitrogens with zero attached hydrogens (tertiary/aromatic N) is 1. The van der Waals surface area contributed by atoms with E-state index in [2.05, 4.69) is 11.7 Å². The molecule has 0 aliphatic carbocycles. The second-order valence-electron chi connectivity index (χ2n) is 8.71. The van der Waals surface area contributed by atoms with E-state index in [0.717, 1.165) is 22.9 Å². The molecule has 2 rings (SSSR count). The van der Waals surface area contributed by atoms with Crippen LogP contribution in [0.3, 0.4) is 0 Å². The molecule has 214 valence electrons. The van der Waals surface area contributed by atoms with E-state index in [1.807, 2.05) is 10.9 Å². The van der Waals surface area contributed by atoms with Crippen LogP contribution in [0.5, 0.6) is 0 Å². The fraction of sp³-hybridized carbons (Fsp3) is 0.458. The van der Waals surface area contributed by atoms with Gasteiger partial charge in [-0.15, -0.1) is 6.42 Å². The van der Waals surface area contributed by atoms with Crippen LogP contribution in [0, 0.1) is 12.3 Å². The summed E-state index contributed by atoms with van der Waals surface area (Å²) in [6.45, 7) is 5.34. The molecule has 0 aromatic carbocycles. The molecule has 6 atom stereocenters. The highest BCUT2D eigenvalue weighted by Crippen LogP contribution is 2.49. The van der Waals surface area contributed by atoms with Crippen molar-refractivity contribution in [2.24, 2.45) is 0 Å². The lowest BCUT2D eigenvalue weighted by Crippen LogP contribution is -2.48. The maximum Gasteiger partial charge on any atom is 0.330 e. The Morgan fingerprint density at radius 3 is 2.67 bits per heavy atom. The number of carbonyl (C=O) groups is 1. The van der Waals surface area contributed by atoms with Crippen LogP contribution in [-0.4, -0.2) is 62.3 Å². The third-order valence-electron chi connectivity index (χ3n) is 5.19. The molecule has 1 aromatic heterocycles. The van der Waals surface area contributed by atoms with Crippen molar-refractivity contribution in [1.82, 2.24) is 14.6 Å². The summed E-state index contributed by atoms with van der Waals surface area (Å²) >= 11 is 5.56. The number of hydrogen-bond donors (Lipinski definition) is 4. The van der Waals surface area contributed by atoms with Crippen LogP contribution in [0.25, 0.3) is 0 Å². The molecule has 0 amide bonds. The van der Waals surface area contributed by atoms with Crippen LogP contribution in [0.2, 0.25) is 0 Å². The van der Waals surface area contributed by atoms with Crippen molar-refractivity contribution in [1.29, 1.82) is 0 Å². The molecule has 12 nitrogen and oxygen atoms in total. The zero-order chi connectivity index (χ0) is 29.5. The molecular weight excluding hydrogens is 556 g/mol. The monoisotopic (exact) mass is 587 g/mol.